The van der Waals surface area contributed by atoms with Crippen molar-refractivity contribution in [1.82, 2.24) is 4.98 Å². The molecule has 1 aromatic carbocycles. The molecule has 0 radical (unpaired) electrons. The fraction of sp³-hybridized carbons (Fsp3) is 0.368. The summed E-state index contributed by atoms with van der Waals surface area (Å²) in [5, 5.41) is 9.86. The highest BCUT2D eigenvalue weighted by atomic mass is 19.1. The maximum absolute atomic E-state index is 13.6. The standard InChI is InChI=1S/C19H17FN2/c20-15-1-2-18-17(9-15)16(5-8-22-18)14-3-6-19(7-4-14)10-13(11-19)12-21/h1-3,5,8-9,13H,4,6-7,10-11H2. The highest BCUT2D eigenvalue weighted by Gasteiger charge is 2.44. The third-order valence-corrected chi connectivity index (χ3v) is 5.30. The fourth-order valence-electron chi connectivity index (χ4n) is 4.03. The molecule has 1 heterocycles. The van der Waals surface area contributed by atoms with E-state index >= 15 is 0 Å². The number of pyridine rings is 1. The van der Waals surface area contributed by atoms with E-state index in [4.69, 9.17) is 5.26 Å². The Morgan fingerprint density at radius 3 is 2.86 bits per heavy atom. The van der Waals surface area contributed by atoms with Gasteiger partial charge < -0.3 is 0 Å². The highest BCUT2D eigenvalue weighted by molar-refractivity contribution is 5.91. The van der Waals surface area contributed by atoms with Crippen molar-refractivity contribution in [2.24, 2.45) is 11.3 Å². The summed E-state index contributed by atoms with van der Waals surface area (Å²) in [5.41, 5.74) is 3.60. The van der Waals surface area contributed by atoms with Crippen LogP contribution in [0.3, 0.4) is 0 Å². The van der Waals surface area contributed by atoms with Crippen molar-refractivity contribution >= 4 is 16.5 Å². The molecule has 2 aliphatic carbocycles. The van der Waals surface area contributed by atoms with Crippen LogP contribution in [0, 0.1) is 28.5 Å². The van der Waals surface area contributed by atoms with Crippen LogP contribution >= 0.6 is 0 Å². The Morgan fingerprint density at radius 2 is 2.14 bits per heavy atom. The molecule has 1 saturated carbocycles. The Bertz CT molecular complexity index is 810. The van der Waals surface area contributed by atoms with Crippen LogP contribution < -0.4 is 0 Å². The van der Waals surface area contributed by atoms with Crippen LogP contribution in [0.15, 0.2) is 36.5 Å². The Hall–Kier alpha value is -2.21. The van der Waals surface area contributed by atoms with Gasteiger partial charge in [-0.2, -0.15) is 5.26 Å². The van der Waals surface area contributed by atoms with E-state index in [1.165, 1.54) is 11.6 Å². The van der Waals surface area contributed by atoms with Gasteiger partial charge in [-0.15, -0.1) is 0 Å². The predicted octanol–water partition coefficient (Wildman–Crippen LogP) is 4.86. The number of rotatable bonds is 1. The molecule has 1 fully saturated rings. The van der Waals surface area contributed by atoms with Crippen molar-refractivity contribution in [3.63, 3.8) is 0 Å². The number of aromatic nitrogens is 1. The molecule has 2 aliphatic rings. The molecule has 4 rings (SSSR count). The lowest BCUT2D eigenvalue weighted by Gasteiger charge is -2.47. The number of allylic oxidation sites excluding steroid dienone is 2. The van der Waals surface area contributed by atoms with Crippen LogP contribution in [0.4, 0.5) is 4.39 Å². The topological polar surface area (TPSA) is 36.7 Å². The minimum absolute atomic E-state index is 0.217. The molecule has 22 heavy (non-hydrogen) atoms. The van der Waals surface area contributed by atoms with Gasteiger partial charge in [0.05, 0.1) is 11.6 Å². The zero-order valence-electron chi connectivity index (χ0n) is 12.3. The van der Waals surface area contributed by atoms with Gasteiger partial charge in [0.15, 0.2) is 0 Å². The molecule has 0 atom stereocenters. The van der Waals surface area contributed by atoms with Gasteiger partial charge in [0.1, 0.15) is 5.82 Å². The second-order valence-electron chi connectivity index (χ2n) is 6.69. The highest BCUT2D eigenvalue weighted by Crippen LogP contribution is 2.55. The minimum atomic E-state index is -0.217. The lowest BCUT2D eigenvalue weighted by molar-refractivity contribution is 0.0775. The molecular weight excluding hydrogens is 275 g/mol. The van der Waals surface area contributed by atoms with Crippen molar-refractivity contribution in [1.29, 1.82) is 5.26 Å². The SMILES string of the molecule is N#CC1CC2(CC=C(c3ccnc4ccc(F)cc34)CC2)C1. The normalized spacial score (nSPS) is 27.3. The lowest BCUT2D eigenvalue weighted by Crippen LogP contribution is -2.37. The number of nitriles is 1. The first-order chi connectivity index (χ1) is 10.7. The van der Waals surface area contributed by atoms with E-state index in [2.05, 4.69) is 17.1 Å². The summed E-state index contributed by atoms with van der Waals surface area (Å²) in [6.45, 7) is 0. The maximum Gasteiger partial charge on any atom is 0.123 e. The summed E-state index contributed by atoms with van der Waals surface area (Å²) in [6, 6.07) is 9.14. The van der Waals surface area contributed by atoms with Gasteiger partial charge in [0.2, 0.25) is 0 Å². The van der Waals surface area contributed by atoms with E-state index in [0.29, 0.717) is 5.41 Å². The number of benzene rings is 1. The number of nitrogens with zero attached hydrogens (tertiary/aromatic N) is 2. The molecule has 3 heteroatoms. The smallest absolute Gasteiger partial charge is 0.123 e. The lowest BCUT2D eigenvalue weighted by atomic mass is 9.56. The number of hydrogen-bond acceptors (Lipinski definition) is 2. The quantitative estimate of drug-likeness (QED) is 0.752. The summed E-state index contributed by atoms with van der Waals surface area (Å²) in [4.78, 5) is 4.32. The second kappa shape index (κ2) is 4.91. The van der Waals surface area contributed by atoms with Gasteiger partial charge in [-0.05, 0) is 72.9 Å². The van der Waals surface area contributed by atoms with E-state index in [1.807, 2.05) is 6.07 Å². The third-order valence-electron chi connectivity index (χ3n) is 5.30. The van der Waals surface area contributed by atoms with Crippen LogP contribution in [0.1, 0.15) is 37.7 Å². The van der Waals surface area contributed by atoms with Gasteiger partial charge in [-0.25, -0.2) is 4.39 Å². The molecule has 0 amide bonds. The van der Waals surface area contributed by atoms with Gasteiger partial charge in [0.25, 0.3) is 0 Å². The molecule has 0 aliphatic heterocycles. The van der Waals surface area contributed by atoms with E-state index in [9.17, 15) is 4.39 Å². The Morgan fingerprint density at radius 1 is 1.27 bits per heavy atom. The largest absolute Gasteiger partial charge is 0.256 e. The van der Waals surface area contributed by atoms with Gasteiger partial charge in [-0.3, -0.25) is 4.98 Å². The minimum Gasteiger partial charge on any atom is -0.256 e. The van der Waals surface area contributed by atoms with E-state index in [-0.39, 0.29) is 11.7 Å². The van der Waals surface area contributed by atoms with Crippen LogP contribution in [0.2, 0.25) is 0 Å². The molecule has 1 aromatic heterocycles. The molecule has 0 N–H and O–H groups in total. The van der Waals surface area contributed by atoms with Gasteiger partial charge in [0, 0.05) is 17.5 Å². The zero-order valence-corrected chi connectivity index (χ0v) is 12.3. The monoisotopic (exact) mass is 292 g/mol. The van der Waals surface area contributed by atoms with E-state index in [0.717, 1.165) is 48.6 Å². The first kappa shape index (κ1) is 13.5. The summed E-state index contributed by atoms with van der Waals surface area (Å²) < 4.78 is 13.6. The summed E-state index contributed by atoms with van der Waals surface area (Å²) >= 11 is 0. The van der Waals surface area contributed by atoms with Crippen molar-refractivity contribution in [2.75, 3.05) is 0 Å². The third kappa shape index (κ3) is 2.11. The fourth-order valence-corrected chi connectivity index (χ4v) is 4.03. The van der Waals surface area contributed by atoms with Crippen LogP contribution in [-0.2, 0) is 0 Å². The summed E-state index contributed by atoms with van der Waals surface area (Å²) in [7, 11) is 0. The molecule has 0 unspecified atom stereocenters. The van der Waals surface area contributed by atoms with Crippen molar-refractivity contribution in [3.8, 4) is 6.07 Å². The predicted molar refractivity (Wildman–Crippen MR) is 84.3 cm³/mol. The Kier molecular flexibility index (Phi) is 3.00. The molecule has 2 nitrogen and oxygen atoms in total. The molecule has 2 aromatic rings. The van der Waals surface area contributed by atoms with Crippen molar-refractivity contribution < 1.29 is 4.39 Å². The van der Waals surface area contributed by atoms with Crippen LogP contribution in [-0.4, -0.2) is 4.98 Å². The number of fused-ring (bicyclic) bond motifs is 1. The average Bonchev–Trinajstić information content (AvgIpc) is 2.52. The van der Waals surface area contributed by atoms with Crippen LogP contribution in [0.25, 0.3) is 16.5 Å². The second-order valence-corrected chi connectivity index (χ2v) is 6.69. The molecule has 0 saturated heterocycles. The number of hydrogen-bond donors (Lipinski definition) is 0. The first-order valence-electron chi connectivity index (χ1n) is 7.82. The van der Waals surface area contributed by atoms with E-state index < -0.39 is 0 Å². The summed E-state index contributed by atoms with van der Waals surface area (Å²) in [6.07, 6.45) is 9.37. The van der Waals surface area contributed by atoms with Gasteiger partial charge >= 0.3 is 0 Å². The summed E-state index contributed by atoms with van der Waals surface area (Å²) in [5.74, 6) is 0.0382. The maximum atomic E-state index is 13.6. The zero-order chi connectivity index (χ0) is 15.2. The first-order valence-corrected chi connectivity index (χ1v) is 7.82. The van der Waals surface area contributed by atoms with Crippen molar-refractivity contribution in [2.45, 2.75) is 32.1 Å². The Balaban J connectivity index is 1.67. The molecular formula is C19H17FN2. The number of halogens is 1. The van der Waals surface area contributed by atoms with Crippen molar-refractivity contribution in [3.05, 3.63) is 47.9 Å². The molecule has 110 valence electrons. The molecule has 0 bridgehead atoms. The molecule has 1 spiro atoms. The Labute approximate surface area is 129 Å². The van der Waals surface area contributed by atoms with Gasteiger partial charge in [-0.1, -0.05) is 6.08 Å². The van der Waals surface area contributed by atoms with E-state index in [1.54, 1.807) is 18.3 Å². The average molecular weight is 292 g/mol. The van der Waals surface area contributed by atoms with Crippen LogP contribution in [0.5, 0.6) is 0 Å².